The Morgan fingerprint density at radius 2 is 1.84 bits per heavy atom. The molecule has 0 aliphatic carbocycles. The van der Waals surface area contributed by atoms with E-state index in [1.807, 2.05) is 23.0 Å². The van der Waals surface area contributed by atoms with Gasteiger partial charge in [0.2, 0.25) is 0 Å². The third-order valence-electron chi connectivity index (χ3n) is 3.32. The molecular weight excluding hydrogens is 234 g/mol. The molecular formula is C16H17N3. The predicted molar refractivity (Wildman–Crippen MR) is 77.1 cm³/mol. The highest BCUT2D eigenvalue weighted by molar-refractivity contribution is 5.66. The molecule has 0 spiro atoms. The zero-order valence-electron chi connectivity index (χ0n) is 11.5. The summed E-state index contributed by atoms with van der Waals surface area (Å²) in [6.45, 7) is 6.62. The van der Waals surface area contributed by atoms with E-state index in [4.69, 9.17) is 0 Å². The first kappa shape index (κ1) is 11.9. The van der Waals surface area contributed by atoms with Crippen molar-refractivity contribution in [2.24, 2.45) is 0 Å². The van der Waals surface area contributed by atoms with Crippen LogP contribution in [-0.2, 0) is 5.41 Å². The molecule has 0 saturated heterocycles. The van der Waals surface area contributed by atoms with E-state index in [9.17, 15) is 0 Å². The Balaban J connectivity index is 2.14. The number of hydrogen-bond donors (Lipinski definition) is 0. The van der Waals surface area contributed by atoms with Crippen molar-refractivity contribution in [1.29, 1.82) is 0 Å². The second-order valence-corrected chi connectivity index (χ2v) is 5.80. The average Bonchev–Trinajstić information content (AvgIpc) is 2.82. The lowest BCUT2D eigenvalue weighted by Gasteiger charge is -2.16. The van der Waals surface area contributed by atoms with Crippen molar-refractivity contribution in [2.75, 3.05) is 0 Å². The second-order valence-electron chi connectivity index (χ2n) is 5.80. The van der Waals surface area contributed by atoms with Crippen LogP contribution in [0.3, 0.4) is 0 Å². The Kier molecular flexibility index (Phi) is 2.63. The summed E-state index contributed by atoms with van der Waals surface area (Å²) < 4.78 is 1.95. The molecule has 0 aliphatic rings. The van der Waals surface area contributed by atoms with E-state index in [1.165, 1.54) is 11.1 Å². The molecule has 96 valence electrons. The summed E-state index contributed by atoms with van der Waals surface area (Å²) in [5.74, 6) is 0. The van der Waals surface area contributed by atoms with Gasteiger partial charge in [-0.25, -0.2) is 4.52 Å². The van der Waals surface area contributed by atoms with Gasteiger partial charge in [0.25, 0.3) is 0 Å². The summed E-state index contributed by atoms with van der Waals surface area (Å²) in [5.41, 5.74) is 4.78. The molecule has 0 saturated carbocycles. The van der Waals surface area contributed by atoms with Crippen LogP contribution in [0.1, 0.15) is 26.3 Å². The molecule has 0 unspecified atom stereocenters. The smallest absolute Gasteiger partial charge is 0.0699 e. The maximum atomic E-state index is 4.47. The third-order valence-corrected chi connectivity index (χ3v) is 3.32. The van der Waals surface area contributed by atoms with Gasteiger partial charge < -0.3 is 0 Å². The molecule has 19 heavy (non-hydrogen) atoms. The lowest BCUT2D eigenvalue weighted by molar-refractivity contribution is 0.595. The first-order valence-electron chi connectivity index (χ1n) is 6.44. The Hall–Kier alpha value is -2.16. The van der Waals surface area contributed by atoms with Gasteiger partial charge in [-0.15, -0.1) is 0 Å². The summed E-state index contributed by atoms with van der Waals surface area (Å²) in [4.78, 5) is 4.16. The first-order chi connectivity index (χ1) is 9.05. The lowest BCUT2D eigenvalue weighted by Crippen LogP contribution is -2.10. The van der Waals surface area contributed by atoms with Crippen molar-refractivity contribution in [3.8, 4) is 11.1 Å². The van der Waals surface area contributed by atoms with E-state index >= 15 is 0 Å². The Morgan fingerprint density at radius 3 is 2.53 bits per heavy atom. The SMILES string of the molecule is CC(C)(C)c1cnn2cc(-c3cccnc3)ccc12. The molecule has 3 rings (SSSR count). The van der Waals surface area contributed by atoms with Gasteiger partial charge >= 0.3 is 0 Å². The topological polar surface area (TPSA) is 30.2 Å². The van der Waals surface area contributed by atoms with E-state index < -0.39 is 0 Å². The number of hydrogen-bond acceptors (Lipinski definition) is 2. The highest BCUT2D eigenvalue weighted by Gasteiger charge is 2.18. The molecule has 0 atom stereocenters. The maximum absolute atomic E-state index is 4.47. The molecule has 0 radical (unpaired) electrons. The minimum Gasteiger partial charge on any atom is -0.264 e. The molecule has 0 aromatic carbocycles. The first-order valence-corrected chi connectivity index (χ1v) is 6.44. The van der Waals surface area contributed by atoms with Crippen molar-refractivity contribution < 1.29 is 0 Å². The zero-order chi connectivity index (χ0) is 13.5. The van der Waals surface area contributed by atoms with E-state index in [0.717, 1.165) is 11.1 Å². The van der Waals surface area contributed by atoms with Crippen LogP contribution < -0.4 is 0 Å². The van der Waals surface area contributed by atoms with Crippen LogP contribution in [0.15, 0.2) is 49.1 Å². The van der Waals surface area contributed by atoms with Crippen molar-refractivity contribution in [3.63, 3.8) is 0 Å². The summed E-state index contributed by atoms with van der Waals surface area (Å²) in [6.07, 6.45) is 7.67. The highest BCUT2D eigenvalue weighted by Crippen LogP contribution is 2.28. The van der Waals surface area contributed by atoms with E-state index in [2.05, 4.69) is 55.2 Å². The minimum atomic E-state index is 0.109. The van der Waals surface area contributed by atoms with Crippen molar-refractivity contribution >= 4 is 5.52 Å². The molecule has 0 N–H and O–H groups in total. The molecule has 3 nitrogen and oxygen atoms in total. The average molecular weight is 251 g/mol. The molecule has 0 aliphatic heterocycles. The van der Waals surface area contributed by atoms with Gasteiger partial charge in [0.05, 0.1) is 11.7 Å². The van der Waals surface area contributed by atoms with Gasteiger partial charge in [-0.2, -0.15) is 5.10 Å². The Labute approximate surface area is 112 Å². The number of nitrogens with zero attached hydrogens (tertiary/aromatic N) is 3. The second kappa shape index (κ2) is 4.19. The maximum Gasteiger partial charge on any atom is 0.0699 e. The Morgan fingerprint density at radius 1 is 1.00 bits per heavy atom. The van der Waals surface area contributed by atoms with Crippen LogP contribution >= 0.6 is 0 Å². The van der Waals surface area contributed by atoms with E-state index in [-0.39, 0.29) is 5.41 Å². The van der Waals surface area contributed by atoms with Crippen molar-refractivity contribution in [3.05, 3.63) is 54.6 Å². The highest BCUT2D eigenvalue weighted by atomic mass is 15.2. The van der Waals surface area contributed by atoms with Gasteiger partial charge in [0.15, 0.2) is 0 Å². The van der Waals surface area contributed by atoms with E-state index in [0.29, 0.717) is 0 Å². The number of fused-ring (bicyclic) bond motifs is 1. The van der Waals surface area contributed by atoms with E-state index in [1.54, 1.807) is 6.20 Å². The summed E-state index contributed by atoms with van der Waals surface area (Å²) in [6, 6.07) is 8.27. The Bertz CT molecular complexity index is 706. The normalized spacial score (nSPS) is 11.9. The van der Waals surface area contributed by atoms with Crippen molar-refractivity contribution in [1.82, 2.24) is 14.6 Å². The van der Waals surface area contributed by atoms with Gasteiger partial charge in [-0.3, -0.25) is 4.98 Å². The third kappa shape index (κ3) is 2.12. The monoisotopic (exact) mass is 251 g/mol. The largest absolute Gasteiger partial charge is 0.264 e. The van der Waals surface area contributed by atoms with Crippen LogP contribution in [0.25, 0.3) is 16.6 Å². The van der Waals surface area contributed by atoms with Gasteiger partial charge in [-0.05, 0) is 17.5 Å². The van der Waals surface area contributed by atoms with Crippen LogP contribution in [0.2, 0.25) is 0 Å². The number of rotatable bonds is 1. The van der Waals surface area contributed by atoms with Crippen LogP contribution in [0.4, 0.5) is 0 Å². The van der Waals surface area contributed by atoms with Crippen molar-refractivity contribution in [2.45, 2.75) is 26.2 Å². The fourth-order valence-electron chi connectivity index (χ4n) is 2.27. The fraction of sp³-hybridized carbons (Fsp3) is 0.250. The molecule has 3 aromatic heterocycles. The number of aromatic nitrogens is 3. The quantitative estimate of drug-likeness (QED) is 0.660. The molecule has 0 fully saturated rings. The van der Waals surface area contributed by atoms with Crippen LogP contribution in [0, 0.1) is 0 Å². The molecule has 0 bridgehead atoms. The lowest BCUT2D eigenvalue weighted by atomic mass is 9.88. The standard InChI is InChI=1S/C16H17N3/c1-16(2,3)14-10-18-19-11-13(6-7-15(14)19)12-5-4-8-17-9-12/h4-11H,1-3H3. The fourth-order valence-corrected chi connectivity index (χ4v) is 2.27. The van der Waals surface area contributed by atoms with Gasteiger partial charge in [0.1, 0.15) is 0 Å². The van der Waals surface area contributed by atoms with Gasteiger partial charge in [-0.1, -0.05) is 32.9 Å². The number of pyridine rings is 2. The summed E-state index contributed by atoms with van der Waals surface area (Å²) >= 11 is 0. The van der Waals surface area contributed by atoms with Crippen LogP contribution in [0.5, 0.6) is 0 Å². The minimum absolute atomic E-state index is 0.109. The summed E-state index contributed by atoms with van der Waals surface area (Å²) in [5, 5.41) is 4.47. The molecule has 3 aromatic rings. The molecule has 3 heteroatoms. The molecule has 0 amide bonds. The zero-order valence-corrected chi connectivity index (χ0v) is 11.5. The predicted octanol–water partition coefficient (Wildman–Crippen LogP) is 3.69. The summed E-state index contributed by atoms with van der Waals surface area (Å²) in [7, 11) is 0. The van der Waals surface area contributed by atoms with Crippen LogP contribution in [-0.4, -0.2) is 14.6 Å². The van der Waals surface area contributed by atoms with Gasteiger partial charge in [0, 0.05) is 35.3 Å². The molecule has 3 heterocycles.